The molecule has 1 atom stereocenters. The van der Waals surface area contributed by atoms with Gasteiger partial charge in [-0.3, -0.25) is 19.3 Å². The van der Waals surface area contributed by atoms with Gasteiger partial charge in [0.2, 0.25) is 5.91 Å². The number of carboxylic acids is 2. The molecular formula is C13H22N2O5. The van der Waals surface area contributed by atoms with Crippen LogP contribution in [0.3, 0.4) is 0 Å². The van der Waals surface area contributed by atoms with E-state index in [4.69, 9.17) is 10.2 Å². The first kappa shape index (κ1) is 16.4. The molecule has 0 spiro atoms. The number of amides is 1. The molecule has 1 saturated heterocycles. The highest BCUT2D eigenvalue weighted by molar-refractivity contribution is 5.78. The van der Waals surface area contributed by atoms with Crippen LogP contribution in [0.4, 0.5) is 0 Å². The van der Waals surface area contributed by atoms with E-state index < -0.39 is 17.9 Å². The number of hydrogen-bond donors (Lipinski definition) is 2. The van der Waals surface area contributed by atoms with E-state index in [1.807, 2.05) is 0 Å². The zero-order chi connectivity index (χ0) is 15.1. The highest BCUT2D eigenvalue weighted by atomic mass is 16.4. The summed E-state index contributed by atoms with van der Waals surface area (Å²) in [5.74, 6) is -2.58. The fourth-order valence-electron chi connectivity index (χ4n) is 2.21. The van der Waals surface area contributed by atoms with Crippen molar-refractivity contribution >= 4 is 17.8 Å². The molecule has 1 amide bonds. The number of hydrogen-bond acceptors (Lipinski definition) is 4. The second-order valence-electron chi connectivity index (χ2n) is 5.21. The summed E-state index contributed by atoms with van der Waals surface area (Å²) in [6, 6.07) is 0. The predicted molar refractivity (Wildman–Crippen MR) is 71.3 cm³/mol. The molecule has 1 heterocycles. The number of carbonyl (C=O) groups is 3. The highest BCUT2D eigenvalue weighted by Crippen LogP contribution is 2.09. The largest absolute Gasteiger partial charge is 0.481 e. The first-order valence-corrected chi connectivity index (χ1v) is 6.85. The Bertz CT molecular complexity index is 366. The van der Waals surface area contributed by atoms with E-state index in [9.17, 15) is 14.4 Å². The number of rotatable bonds is 8. The molecule has 7 heteroatoms. The van der Waals surface area contributed by atoms with Gasteiger partial charge < -0.3 is 15.1 Å². The molecule has 114 valence electrons. The lowest BCUT2D eigenvalue weighted by atomic mass is 10.1. The van der Waals surface area contributed by atoms with Crippen molar-refractivity contribution in [1.82, 2.24) is 9.80 Å². The number of likely N-dealkylation sites (tertiary alicyclic amines) is 1. The molecule has 7 nitrogen and oxygen atoms in total. The lowest BCUT2D eigenvalue weighted by Gasteiger charge is -2.25. The van der Waals surface area contributed by atoms with E-state index >= 15 is 0 Å². The number of carboxylic acid groups (broad SMARTS) is 2. The zero-order valence-electron chi connectivity index (χ0n) is 11.7. The van der Waals surface area contributed by atoms with Crippen molar-refractivity contribution in [3.8, 4) is 0 Å². The number of nitrogens with zero attached hydrogens (tertiary/aromatic N) is 2. The van der Waals surface area contributed by atoms with Crippen LogP contribution in [0.2, 0.25) is 0 Å². The van der Waals surface area contributed by atoms with E-state index in [0.717, 1.165) is 25.9 Å². The molecule has 0 radical (unpaired) electrons. The molecular weight excluding hydrogens is 264 g/mol. The molecule has 1 rings (SSSR count). The Hall–Kier alpha value is -1.63. The molecule has 1 aliphatic rings. The van der Waals surface area contributed by atoms with Gasteiger partial charge in [-0.05, 0) is 12.8 Å². The van der Waals surface area contributed by atoms with Crippen LogP contribution in [0, 0.1) is 5.92 Å². The Morgan fingerprint density at radius 3 is 2.30 bits per heavy atom. The van der Waals surface area contributed by atoms with Crippen LogP contribution in [0.5, 0.6) is 0 Å². The van der Waals surface area contributed by atoms with E-state index in [2.05, 4.69) is 0 Å². The lowest BCUT2D eigenvalue weighted by Crippen LogP contribution is -2.42. The summed E-state index contributed by atoms with van der Waals surface area (Å²) in [5, 5.41) is 17.6. The first-order chi connectivity index (χ1) is 9.40. The van der Waals surface area contributed by atoms with Crippen molar-refractivity contribution in [2.75, 3.05) is 32.7 Å². The summed E-state index contributed by atoms with van der Waals surface area (Å²) in [6.07, 6.45) is 1.89. The predicted octanol–water partition coefficient (Wildman–Crippen LogP) is 0.106. The van der Waals surface area contributed by atoms with Crippen LogP contribution in [-0.4, -0.2) is 70.6 Å². The maximum Gasteiger partial charge on any atom is 0.307 e. The Balaban J connectivity index is 2.53. The maximum absolute atomic E-state index is 12.0. The van der Waals surface area contributed by atoms with Crippen molar-refractivity contribution < 1.29 is 24.6 Å². The molecule has 2 N–H and O–H groups in total. The number of aliphatic carboxylic acids is 2. The van der Waals surface area contributed by atoms with Crippen LogP contribution in [0.1, 0.15) is 26.2 Å². The molecule has 0 aromatic rings. The Labute approximate surface area is 118 Å². The van der Waals surface area contributed by atoms with Crippen LogP contribution in [0.25, 0.3) is 0 Å². The second kappa shape index (κ2) is 7.84. The van der Waals surface area contributed by atoms with E-state index in [0.29, 0.717) is 0 Å². The lowest BCUT2D eigenvalue weighted by molar-refractivity contribution is -0.143. The SMILES string of the molecule is CC(CN(CCC(=O)O)CC(=O)N1CCCC1)C(=O)O. The van der Waals surface area contributed by atoms with Gasteiger partial charge in [-0.15, -0.1) is 0 Å². The Kier molecular flexibility index (Phi) is 6.44. The van der Waals surface area contributed by atoms with E-state index in [-0.39, 0.29) is 32.0 Å². The number of carbonyl (C=O) groups excluding carboxylic acids is 1. The Morgan fingerprint density at radius 2 is 1.80 bits per heavy atom. The molecule has 0 aromatic carbocycles. The fourth-order valence-corrected chi connectivity index (χ4v) is 2.21. The van der Waals surface area contributed by atoms with Gasteiger partial charge in [-0.1, -0.05) is 6.92 Å². The van der Waals surface area contributed by atoms with Gasteiger partial charge in [0, 0.05) is 26.2 Å². The average molecular weight is 286 g/mol. The van der Waals surface area contributed by atoms with Crippen LogP contribution >= 0.6 is 0 Å². The summed E-state index contributed by atoms with van der Waals surface area (Å²) in [6.45, 7) is 3.48. The molecule has 1 aliphatic heterocycles. The van der Waals surface area contributed by atoms with Crippen molar-refractivity contribution in [3.05, 3.63) is 0 Å². The third-order valence-corrected chi connectivity index (χ3v) is 3.41. The van der Waals surface area contributed by atoms with E-state index in [1.54, 1.807) is 16.7 Å². The molecule has 0 saturated carbocycles. The van der Waals surface area contributed by atoms with Gasteiger partial charge in [0.1, 0.15) is 0 Å². The molecule has 0 aromatic heterocycles. The molecule has 0 aliphatic carbocycles. The minimum Gasteiger partial charge on any atom is -0.481 e. The average Bonchev–Trinajstić information content (AvgIpc) is 2.89. The molecule has 1 unspecified atom stereocenters. The summed E-state index contributed by atoms with van der Waals surface area (Å²) in [5.41, 5.74) is 0. The van der Waals surface area contributed by atoms with Crippen molar-refractivity contribution in [2.45, 2.75) is 26.2 Å². The van der Waals surface area contributed by atoms with Crippen molar-refractivity contribution in [2.24, 2.45) is 5.92 Å². The van der Waals surface area contributed by atoms with Crippen molar-refractivity contribution in [3.63, 3.8) is 0 Å². The smallest absolute Gasteiger partial charge is 0.307 e. The van der Waals surface area contributed by atoms with Gasteiger partial charge in [0.15, 0.2) is 0 Å². The normalized spacial score (nSPS) is 16.4. The molecule has 1 fully saturated rings. The minimum absolute atomic E-state index is 0.0505. The maximum atomic E-state index is 12.0. The zero-order valence-corrected chi connectivity index (χ0v) is 11.7. The van der Waals surface area contributed by atoms with Gasteiger partial charge in [-0.2, -0.15) is 0 Å². The minimum atomic E-state index is -0.952. The van der Waals surface area contributed by atoms with Gasteiger partial charge in [-0.25, -0.2) is 0 Å². The van der Waals surface area contributed by atoms with Crippen molar-refractivity contribution in [1.29, 1.82) is 0 Å². The molecule has 0 bridgehead atoms. The highest BCUT2D eigenvalue weighted by Gasteiger charge is 2.23. The third kappa shape index (κ3) is 5.56. The van der Waals surface area contributed by atoms with Gasteiger partial charge in [0.05, 0.1) is 18.9 Å². The van der Waals surface area contributed by atoms with Crippen LogP contribution in [-0.2, 0) is 14.4 Å². The van der Waals surface area contributed by atoms with E-state index in [1.165, 1.54) is 0 Å². The standard InChI is InChI=1S/C13H22N2O5/c1-10(13(19)20)8-14(7-4-12(17)18)9-11(16)15-5-2-3-6-15/h10H,2-9H2,1H3,(H,17,18)(H,19,20). The van der Waals surface area contributed by atoms with Crippen LogP contribution in [0.15, 0.2) is 0 Å². The molecule has 20 heavy (non-hydrogen) atoms. The second-order valence-corrected chi connectivity index (χ2v) is 5.21. The Morgan fingerprint density at radius 1 is 1.20 bits per heavy atom. The fraction of sp³-hybridized carbons (Fsp3) is 0.769. The quantitative estimate of drug-likeness (QED) is 0.657. The van der Waals surface area contributed by atoms with Gasteiger partial charge >= 0.3 is 11.9 Å². The summed E-state index contributed by atoms with van der Waals surface area (Å²) in [4.78, 5) is 36.9. The monoisotopic (exact) mass is 286 g/mol. The third-order valence-electron chi connectivity index (χ3n) is 3.41. The van der Waals surface area contributed by atoms with Gasteiger partial charge in [0.25, 0.3) is 0 Å². The summed E-state index contributed by atoms with van der Waals surface area (Å²) in [7, 11) is 0. The summed E-state index contributed by atoms with van der Waals surface area (Å²) >= 11 is 0. The topological polar surface area (TPSA) is 98.2 Å². The summed E-state index contributed by atoms with van der Waals surface area (Å²) < 4.78 is 0. The first-order valence-electron chi connectivity index (χ1n) is 6.85. The van der Waals surface area contributed by atoms with Crippen LogP contribution < -0.4 is 0 Å².